The molecule has 0 radical (unpaired) electrons. The summed E-state index contributed by atoms with van der Waals surface area (Å²) in [6.07, 6.45) is 7.59. The first-order valence-electron chi connectivity index (χ1n) is 12.7. The topological polar surface area (TPSA) is 164 Å². The highest BCUT2D eigenvalue weighted by Crippen LogP contribution is 2.27. The first kappa shape index (κ1) is 26.0. The Hall–Kier alpha value is -4.65. The molecule has 0 bridgehead atoms. The van der Waals surface area contributed by atoms with Crippen molar-refractivity contribution >= 4 is 40.5 Å². The van der Waals surface area contributed by atoms with Gasteiger partial charge in [0, 0.05) is 42.3 Å². The van der Waals surface area contributed by atoms with Crippen LogP contribution >= 0.6 is 0 Å². The number of nitrogens with two attached hydrogens (primary N) is 1. The van der Waals surface area contributed by atoms with Crippen LogP contribution in [0.4, 0.5) is 27.4 Å². The van der Waals surface area contributed by atoms with Gasteiger partial charge in [0.2, 0.25) is 11.9 Å². The quantitative estimate of drug-likeness (QED) is 0.215. The van der Waals surface area contributed by atoms with E-state index in [1.54, 1.807) is 13.1 Å². The summed E-state index contributed by atoms with van der Waals surface area (Å²) in [5.41, 5.74) is 7.11. The summed E-state index contributed by atoms with van der Waals surface area (Å²) in [5, 5.41) is 17.0. The number of aromatic nitrogens is 5. The molecule has 12 nitrogen and oxygen atoms in total. The second-order valence-corrected chi connectivity index (χ2v) is 9.47. The van der Waals surface area contributed by atoms with Crippen LogP contribution < -0.4 is 27.0 Å². The molecule has 0 aromatic carbocycles. The van der Waals surface area contributed by atoms with Gasteiger partial charge >= 0.3 is 0 Å². The van der Waals surface area contributed by atoms with Crippen molar-refractivity contribution < 1.29 is 14.0 Å². The molecule has 1 atom stereocenters. The van der Waals surface area contributed by atoms with Gasteiger partial charge in [-0.2, -0.15) is 4.39 Å². The molecule has 4 aromatic rings. The summed E-state index contributed by atoms with van der Waals surface area (Å²) in [6.45, 7) is 1.67. The van der Waals surface area contributed by atoms with E-state index < -0.39 is 17.9 Å². The number of rotatable bonds is 8. The summed E-state index contributed by atoms with van der Waals surface area (Å²) in [6, 6.07) is 9.58. The highest BCUT2D eigenvalue weighted by atomic mass is 19.1. The fourth-order valence-corrected chi connectivity index (χ4v) is 4.46. The molecule has 0 saturated heterocycles. The number of anilines is 4. The first-order chi connectivity index (χ1) is 18.9. The Bertz CT molecular complexity index is 1470. The van der Waals surface area contributed by atoms with Crippen LogP contribution in [0, 0.1) is 5.95 Å². The monoisotopic (exact) mass is 532 g/mol. The standard InChI is InChI=1S/C26H29FN10O2/c1-15(28)25(38)33-17-7-5-16(6-8-17)32-23-13-19(35-22-4-2-3-10-30-22)24-31-14-20(37(24)36-23)26(39)34-18-9-11-29-21(27)12-18/h2-4,9-17H,5-8,28H2,1H3,(H,30,35)(H,32,36)(H,33,38)(H,29,34,39)/t15-,16-,17-/m0/s1. The van der Waals surface area contributed by atoms with Crippen molar-refractivity contribution in [3.8, 4) is 0 Å². The van der Waals surface area contributed by atoms with E-state index in [4.69, 9.17) is 5.73 Å². The smallest absolute Gasteiger partial charge is 0.276 e. The molecule has 6 N–H and O–H groups in total. The molecular formula is C26H29FN10O2. The fourth-order valence-electron chi connectivity index (χ4n) is 4.46. The van der Waals surface area contributed by atoms with Crippen LogP contribution in [0.2, 0.25) is 0 Å². The van der Waals surface area contributed by atoms with Gasteiger partial charge in [-0.1, -0.05) is 6.07 Å². The Morgan fingerprint density at radius 1 is 1.03 bits per heavy atom. The molecule has 1 saturated carbocycles. The number of carbonyl (C=O) groups is 2. The van der Waals surface area contributed by atoms with Crippen LogP contribution in [-0.2, 0) is 4.79 Å². The molecule has 202 valence electrons. The first-order valence-corrected chi connectivity index (χ1v) is 12.7. The Labute approximate surface area is 223 Å². The van der Waals surface area contributed by atoms with E-state index in [2.05, 4.69) is 41.3 Å². The van der Waals surface area contributed by atoms with Gasteiger partial charge in [-0.15, -0.1) is 5.10 Å². The summed E-state index contributed by atoms with van der Waals surface area (Å²) < 4.78 is 15.0. The van der Waals surface area contributed by atoms with E-state index in [9.17, 15) is 14.0 Å². The van der Waals surface area contributed by atoms with Crippen LogP contribution in [0.15, 0.2) is 55.0 Å². The SMILES string of the molecule is C[C@H](N)C(=O)N[C@H]1CC[C@H](Nc2cc(Nc3ccccn3)c3ncc(C(=O)Nc4ccnc(F)c4)n3n2)CC1. The van der Waals surface area contributed by atoms with E-state index in [0.717, 1.165) is 31.7 Å². The van der Waals surface area contributed by atoms with Crippen LogP contribution in [0.5, 0.6) is 0 Å². The third-order valence-electron chi connectivity index (χ3n) is 6.45. The Kier molecular flexibility index (Phi) is 7.59. The lowest BCUT2D eigenvalue weighted by Gasteiger charge is -2.30. The van der Waals surface area contributed by atoms with Crippen LogP contribution in [0.1, 0.15) is 43.1 Å². The normalized spacial score (nSPS) is 17.8. The van der Waals surface area contributed by atoms with E-state index in [1.807, 2.05) is 24.3 Å². The molecule has 1 aliphatic rings. The number of fused-ring (bicyclic) bond motifs is 1. The van der Waals surface area contributed by atoms with Crippen molar-refractivity contribution in [2.75, 3.05) is 16.0 Å². The highest BCUT2D eigenvalue weighted by Gasteiger charge is 2.24. The number of nitrogens with one attached hydrogen (secondary N) is 4. The number of halogens is 1. The average Bonchev–Trinajstić information content (AvgIpc) is 3.35. The maximum atomic E-state index is 13.5. The minimum atomic E-state index is -0.704. The highest BCUT2D eigenvalue weighted by molar-refractivity contribution is 6.03. The van der Waals surface area contributed by atoms with Crippen molar-refractivity contribution in [3.05, 3.63) is 66.6 Å². The predicted octanol–water partition coefficient (Wildman–Crippen LogP) is 2.84. The maximum absolute atomic E-state index is 13.5. The lowest BCUT2D eigenvalue weighted by molar-refractivity contribution is -0.122. The Morgan fingerprint density at radius 2 is 1.82 bits per heavy atom. The Balaban J connectivity index is 1.39. The van der Waals surface area contributed by atoms with Gasteiger partial charge in [0.05, 0.1) is 17.9 Å². The van der Waals surface area contributed by atoms with Gasteiger partial charge in [0.25, 0.3) is 5.91 Å². The zero-order valence-corrected chi connectivity index (χ0v) is 21.3. The van der Waals surface area contributed by atoms with Crippen molar-refractivity contribution in [1.82, 2.24) is 29.9 Å². The molecule has 13 heteroatoms. The van der Waals surface area contributed by atoms with Gasteiger partial charge in [-0.05, 0) is 50.8 Å². The summed E-state index contributed by atoms with van der Waals surface area (Å²) >= 11 is 0. The van der Waals surface area contributed by atoms with E-state index in [1.165, 1.54) is 23.0 Å². The molecule has 1 aliphatic carbocycles. The average molecular weight is 533 g/mol. The van der Waals surface area contributed by atoms with Crippen molar-refractivity contribution in [2.45, 2.75) is 50.7 Å². The fraction of sp³-hybridized carbons (Fsp3) is 0.308. The third-order valence-corrected chi connectivity index (χ3v) is 6.45. The molecule has 4 aromatic heterocycles. The summed E-state index contributed by atoms with van der Waals surface area (Å²) in [5.74, 6) is -0.227. The third kappa shape index (κ3) is 6.26. The zero-order chi connectivity index (χ0) is 27.4. The second-order valence-electron chi connectivity index (χ2n) is 9.47. The number of carbonyl (C=O) groups excluding carboxylic acids is 2. The van der Waals surface area contributed by atoms with Gasteiger partial charge in [0.1, 0.15) is 11.6 Å². The molecule has 39 heavy (non-hydrogen) atoms. The molecule has 0 spiro atoms. The minimum Gasteiger partial charge on any atom is -0.366 e. The molecular weight excluding hydrogens is 503 g/mol. The molecule has 1 fully saturated rings. The Morgan fingerprint density at radius 3 is 2.54 bits per heavy atom. The van der Waals surface area contributed by atoms with Crippen LogP contribution in [-0.4, -0.2) is 54.5 Å². The van der Waals surface area contributed by atoms with Crippen molar-refractivity contribution in [2.24, 2.45) is 5.73 Å². The summed E-state index contributed by atoms with van der Waals surface area (Å²) in [4.78, 5) is 37.3. The predicted molar refractivity (Wildman–Crippen MR) is 144 cm³/mol. The maximum Gasteiger partial charge on any atom is 0.276 e. The van der Waals surface area contributed by atoms with Gasteiger partial charge in [0.15, 0.2) is 11.3 Å². The minimum absolute atomic E-state index is 0.0837. The van der Waals surface area contributed by atoms with E-state index >= 15 is 0 Å². The van der Waals surface area contributed by atoms with Crippen LogP contribution in [0.3, 0.4) is 0 Å². The molecule has 0 unspecified atom stereocenters. The number of imidazole rings is 1. The van der Waals surface area contributed by atoms with Gasteiger partial charge < -0.3 is 27.0 Å². The largest absolute Gasteiger partial charge is 0.366 e. The molecule has 2 amide bonds. The number of nitrogens with zero attached hydrogens (tertiary/aromatic N) is 5. The van der Waals surface area contributed by atoms with Gasteiger partial charge in [-0.25, -0.2) is 19.5 Å². The molecule has 5 rings (SSSR count). The lowest BCUT2D eigenvalue weighted by atomic mass is 9.91. The molecule has 0 aliphatic heterocycles. The summed E-state index contributed by atoms with van der Waals surface area (Å²) in [7, 11) is 0. The molecule has 4 heterocycles. The second kappa shape index (κ2) is 11.4. The number of hydrogen-bond acceptors (Lipinski definition) is 9. The number of pyridine rings is 2. The lowest BCUT2D eigenvalue weighted by Crippen LogP contribution is -2.46. The van der Waals surface area contributed by atoms with E-state index in [0.29, 0.717) is 23.0 Å². The van der Waals surface area contributed by atoms with Crippen molar-refractivity contribution in [1.29, 1.82) is 0 Å². The van der Waals surface area contributed by atoms with E-state index in [-0.39, 0.29) is 29.4 Å². The van der Waals surface area contributed by atoms with Crippen LogP contribution in [0.25, 0.3) is 5.65 Å². The number of hydrogen-bond donors (Lipinski definition) is 5. The number of amides is 2. The van der Waals surface area contributed by atoms with Gasteiger partial charge in [-0.3, -0.25) is 9.59 Å². The van der Waals surface area contributed by atoms with Crippen molar-refractivity contribution in [3.63, 3.8) is 0 Å². The zero-order valence-electron chi connectivity index (χ0n) is 21.3.